The van der Waals surface area contributed by atoms with Crippen molar-refractivity contribution in [2.75, 3.05) is 6.61 Å². The van der Waals surface area contributed by atoms with E-state index < -0.39 is 0 Å². The van der Waals surface area contributed by atoms with E-state index >= 15 is 0 Å². The average Bonchev–Trinajstić information content (AvgIpc) is 3.03. The molecule has 0 fully saturated rings. The van der Waals surface area contributed by atoms with Gasteiger partial charge in [-0.2, -0.15) is 0 Å². The molecule has 1 amide bonds. The predicted molar refractivity (Wildman–Crippen MR) is 87.7 cm³/mol. The van der Waals surface area contributed by atoms with Crippen molar-refractivity contribution < 1.29 is 9.53 Å². The second-order valence-corrected chi connectivity index (χ2v) is 6.14. The molecule has 5 nitrogen and oxygen atoms in total. The first-order chi connectivity index (χ1) is 11.2. The van der Waals surface area contributed by atoms with Gasteiger partial charge in [0.25, 0.3) is 0 Å². The molecule has 0 aliphatic carbocycles. The molecule has 1 N–H and O–H groups in total. The molecule has 1 aliphatic heterocycles. The zero-order chi connectivity index (χ0) is 16.1. The largest absolute Gasteiger partial charge is 0.376 e. The third-order valence-corrected chi connectivity index (χ3v) is 4.21. The maximum Gasteiger partial charge on any atom is 0.225 e. The van der Waals surface area contributed by atoms with Gasteiger partial charge < -0.3 is 14.6 Å². The molecule has 1 aromatic carbocycles. The topological polar surface area (TPSA) is 56.1 Å². The number of aryl methyl sites for hydroxylation is 1. The summed E-state index contributed by atoms with van der Waals surface area (Å²) in [6.07, 6.45) is 5.65. The van der Waals surface area contributed by atoms with Crippen LogP contribution in [0, 0.1) is 5.92 Å². The second kappa shape index (κ2) is 7.42. The van der Waals surface area contributed by atoms with Crippen molar-refractivity contribution in [3.05, 3.63) is 54.1 Å². The van der Waals surface area contributed by atoms with Gasteiger partial charge in [0.15, 0.2) is 0 Å². The number of hydrogen-bond acceptors (Lipinski definition) is 3. The van der Waals surface area contributed by atoms with E-state index in [1.165, 1.54) is 0 Å². The molecule has 0 saturated heterocycles. The minimum atomic E-state index is -0.150. The van der Waals surface area contributed by atoms with Crippen molar-refractivity contribution in [3.8, 4) is 0 Å². The first kappa shape index (κ1) is 15.7. The maximum absolute atomic E-state index is 12.3. The van der Waals surface area contributed by atoms with Crippen LogP contribution in [0.1, 0.15) is 24.7 Å². The first-order valence-corrected chi connectivity index (χ1v) is 8.14. The molecule has 0 unspecified atom stereocenters. The van der Waals surface area contributed by atoms with E-state index in [2.05, 4.69) is 14.9 Å². The van der Waals surface area contributed by atoms with Crippen LogP contribution < -0.4 is 5.32 Å². The fourth-order valence-corrected chi connectivity index (χ4v) is 2.83. The predicted octanol–water partition coefficient (Wildman–Crippen LogP) is 2.17. The molecule has 122 valence electrons. The standard InChI is InChI=1S/C18H23N3O2/c1-14(12-23-13-15-5-3-2-4-6-15)18(22)20-16-7-8-17-19-9-10-21(17)11-16/h2-6,9-10,14,16H,7-8,11-13H2,1H3,(H,20,22)/t14-,16+/m1/s1. The molecule has 2 atom stereocenters. The van der Waals surface area contributed by atoms with Gasteiger partial charge in [0.2, 0.25) is 5.91 Å². The Morgan fingerprint density at radius 2 is 2.26 bits per heavy atom. The summed E-state index contributed by atoms with van der Waals surface area (Å²) in [7, 11) is 0. The number of fused-ring (bicyclic) bond motifs is 1. The zero-order valence-corrected chi connectivity index (χ0v) is 13.4. The molecule has 23 heavy (non-hydrogen) atoms. The number of nitrogens with zero attached hydrogens (tertiary/aromatic N) is 2. The summed E-state index contributed by atoms with van der Waals surface area (Å²) in [6, 6.07) is 10.2. The van der Waals surface area contributed by atoms with E-state index in [4.69, 9.17) is 4.74 Å². The van der Waals surface area contributed by atoms with Crippen LogP contribution in [0.15, 0.2) is 42.7 Å². The van der Waals surface area contributed by atoms with Crippen LogP contribution in [0.5, 0.6) is 0 Å². The van der Waals surface area contributed by atoms with Gasteiger partial charge in [-0.25, -0.2) is 4.98 Å². The molecular weight excluding hydrogens is 290 g/mol. The SMILES string of the molecule is C[C@H](COCc1ccccc1)C(=O)N[C@H]1CCc2nccn2C1. The normalized spacial score (nSPS) is 18.2. The van der Waals surface area contributed by atoms with Gasteiger partial charge in [-0.1, -0.05) is 37.3 Å². The monoisotopic (exact) mass is 313 g/mol. The first-order valence-electron chi connectivity index (χ1n) is 8.14. The smallest absolute Gasteiger partial charge is 0.225 e. The molecule has 0 radical (unpaired) electrons. The number of carbonyl (C=O) groups is 1. The van der Waals surface area contributed by atoms with Crippen LogP contribution in [0.4, 0.5) is 0 Å². The molecule has 3 rings (SSSR count). The van der Waals surface area contributed by atoms with Crippen molar-refractivity contribution in [1.82, 2.24) is 14.9 Å². The fraction of sp³-hybridized carbons (Fsp3) is 0.444. The highest BCUT2D eigenvalue weighted by molar-refractivity contribution is 5.78. The zero-order valence-electron chi connectivity index (χ0n) is 13.4. The number of benzene rings is 1. The number of ether oxygens (including phenoxy) is 1. The van der Waals surface area contributed by atoms with E-state index in [0.717, 1.165) is 30.8 Å². The summed E-state index contributed by atoms with van der Waals surface area (Å²) < 4.78 is 7.78. The lowest BCUT2D eigenvalue weighted by atomic mass is 10.1. The fourth-order valence-electron chi connectivity index (χ4n) is 2.83. The number of hydrogen-bond donors (Lipinski definition) is 1. The minimum Gasteiger partial charge on any atom is -0.376 e. The van der Waals surface area contributed by atoms with Crippen molar-refractivity contribution in [2.45, 2.75) is 39.0 Å². The van der Waals surface area contributed by atoms with Gasteiger partial charge >= 0.3 is 0 Å². The quantitative estimate of drug-likeness (QED) is 0.889. The summed E-state index contributed by atoms with van der Waals surface area (Å²) >= 11 is 0. The van der Waals surface area contributed by atoms with Crippen molar-refractivity contribution in [3.63, 3.8) is 0 Å². The third-order valence-electron chi connectivity index (χ3n) is 4.21. The summed E-state index contributed by atoms with van der Waals surface area (Å²) in [6.45, 7) is 3.69. The Balaban J connectivity index is 1.41. The molecule has 5 heteroatoms. The van der Waals surface area contributed by atoms with Gasteiger partial charge in [0.1, 0.15) is 5.82 Å². The lowest BCUT2D eigenvalue weighted by Crippen LogP contribution is -2.43. The Labute approximate surface area is 136 Å². The van der Waals surface area contributed by atoms with Crippen molar-refractivity contribution in [2.24, 2.45) is 5.92 Å². The molecule has 0 bridgehead atoms. The number of rotatable bonds is 6. The number of amides is 1. The van der Waals surface area contributed by atoms with Crippen LogP contribution in [-0.4, -0.2) is 28.1 Å². The minimum absolute atomic E-state index is 0.0617. The van der Waals surface area contributed by atoms with Crippen LogP contribution in [-0.2, 0) is 29.1 Å². The average molecular weight is 313 g/mol. The second-order valence-electron chi connectivity index (χ2n) is 6.14. The molecule has 1 aliphatic rings. The highest BCUT2D eigenvalue weighted by Gasteiger charge is 2.22. The van der Waals surface area contributed by atoms with Crippen LogP contribution >= 0.6 is 0 Å². The Bertz CT molecular complexity index is 639. The Kier molecular flexibility index (Phi) is 5.08. The third kappa shape index (κ3) is 4.20. The van der Waals surface area contributed by atoms with Gasteiger partial charge in [-0.05, 0) is 12.0 Å². The Morgan fingerprint density at radius 1 is 1.43 bits per heavy atom. The van der Waals surface area contributed by atoms with Crippen LogP contribution in [0.2, 0.25) is 0 Å². The number of carbonyl (C=O) groups excluding carboxylic acids is 1. The maximum atomic E-state index is 12.3. The molecule has 0 spiro atoms. The van der Waals surface area contributed by atoms with Crippen LogP contribution in [0.25, 0.3) is 0 Å². The van der Waals surface area contributed by atoms with Gasteiger partial charge in [0, 0.05) is 31.4 Å². The molecule has 2 aromatic rings. The molecule has 2 heterocycles. The molecular formula is C18H23N3O2. The van der Waals surface area contributed by atoms with Crippen molar-refractivity contribution >= 4 is 5.91 Å². The van der Waals surface area contributed by atoms with E-state index in [0.29, 0.717) is 13.2 Å². The van der Waals surface area contributed by atoms with Gasteiger partial charge in [0.05, 0.1) is 19.1 Å². The summed E-state index contributed by atoms with van der Waals surface area (Å²) in [4.78, 5) is 16.6. The lowest BCUT2D eigenvalue weighted by Gasteiger charge is -2.26. The highest BCUT2D eigenvalue weighted by atomic mass is 16.5. The molecule has 1 aromatic heterocycles. The van der Waals surface area contributed by atoms with Gasteiger partial charge in [-0.3, -0.25) is 4.79 Å². The summed E-state index contributed by atoms with van der Waals surface area (Å²) in [5.41, 5.74) is 1.13. The Hall–Kier alpha value is -2.14. The van der Waals surface area contributed by atoms with E-state index in [9.17, 15) is 4.79 Å². The van der Waals surface area contributed by atoms with E-state index in [1.807, 2.05) is 49.6 Å². The number of nitrogens with one attached hydrogen (secondary N) is 1. The summed E-state index contributed by atoms with van der Waals surface area (Å²) in [5, 5.41) is 3.13. The number of imidazole rings is 1. The lowest BCUT2D eigenvalue weighted by molar-refractivity contribution is -0.127. The number of aromatic nitrogens is 2. The summed E-state index contributed by atoms with van der Waals surface area (Å²) in [5.74, 6) is 1.02. The molecule has 0 saturated carbocycles. The van der Waals surface area contributed by atoms with E-state index in [1.54, 1.807) is 0 Å². The van der Waals surface area contributed by atoms with E-state index in [-0.39, 0.29) is 17.9 Å². The van der Waals surface area contributed by atoms with Gasteiger partial charge in [-0.15, -0.1) is 0 Å². The van der Waals surface area contributed by atoms with Crippen molar-refractivity contribution in [1.29, 1.82) is 0 Å². The van der Waals surface area contributed by atoms with Crippen LogP contribution in [0.3, 0.4) is 0 Å². The Morgan fingerprint density at radius 3 is 3.09 bits per heavy atom. The highest BCUT2D eigenvalue weighted by Crippen LogP contribution is 2.13.